The molecule has 1 heterocycles. The van der Waals surface area contributed by atoms with Crippen LogP contribution in [0.3, 0.4) is 0 Å². The molecule has 0 unspecified atom stereocenters. The number of aromatic nitrogens is 1. The predicted molar refractivity (Wildman–Crippen MR) is 83.1 cm³/mol. The van der Waals surface area contributed by atoms with Gasteiger partial charge in [0.1, 0.15) is 0 Å². The number of halogens is 1. The summed E-state index contributed by atoms with van der Waals surface area (Å²) in [5.74, 6) is -1.13. The zero-order chi connectivity index (χ0) is 14.8. The molecular formula is C15H10ClN2O2S-. The van der Waals surface area contributed by atoms with Crippen LogP contribution in [0.2, 0.25) is 5.02 Å². The summed E-state index contributed by atoms with van der Waals surface area (Å²) >= 11 is 7.69. The monoisotopic (exact) mass is 317 g/mol. The van der Waals surface area contributed by atoms with Crippen molar-refractivity contribution in [3.63, 3.8) is 0 Å². The normalized spacial score (nSPS) is 10.7. The molecule has 0 radical (unpaired) electrons. The number of carbonyl (C=O) groups excluding carboxylic acids is 1. The average Bonchev–Trinajstić information content (AvgIpc) is 2.83. The van der Waals surface area contributed by atoms with Crippen molar-refractivity contribution in [1.29, 1.82) is 0 Å². The molecule has 0 aliphatic heterocycles. The van der Waals surface area contributed by atoms with E-state index in [9.17, 15) is 9.90 Å². The highest BCUT2D eigenvalue weighted by molar-refractivity contribution is 7.22. The Bertz CT molecular complexity index is 783. The van der Waals surface area contributed by atoms with Crippen molar-refractivity contribution in [2.24, 2.45) is 0 Å². The summed E-state index contributed by atoms with van der Waals surface area (Å²) in [6.45, 7) is 0. The number of carboxylic acids is 1. The Balaban J connectivity index is 1.85. The molecule has 0 atom stereocenters. The minimum Gasteiger partial charge on any atom is -0.550 e. The first-order valence-corrected chi connectivity index (χ1v) is 7.42. The van der Waals surface area contributed by atoms with Gasteiger partial charge in [-0.1, -0.05) is 41.1 Å². The fourth-order valence-corrected chi connectivity index (χ4v) is 3.11. The lowest BCUT2D eigenvalue weighted by Gasteiger charge is -2.08. The summed E-state index contributed by atoms with van der Waals surface area (Å²) in [7, 11) is 0. The van der Waals surface area contributed by atoms with Crippen molar-refractivity contribution < 1.29 is 9.90 Å². The average molecular weight is 318 g/mol. The quantitative estimate of drug-likeness (QED) is 0.803. The highest BCUT2D eigenvalue weighted by atomic mass is 35.5. The van der Waals surface area contributed by atoms with Crippen molar-refractivity contribution in [3.05, 3.63) is 53.1 Å². The van der Waals surface area contributed by atoms with Crippen molar-refractivity contribution in [3.8, 4) is 0 Å². The molecule has 1 aromatic heterocycles. The van der Waals surface area contributed by atoms with Crippen LogP contribution < -0.4 is 10.4 Å². The van der Waals surface area contributed by atoms with E-state index in [0.29, 0.717) is 16.3 Å². The molecule has 3 rings (SSSR count). The number of fused-ring (bicyclic) bond motifs is 1. The largest absolute Gasteiger partial charge is 0.550 e. The summed E-state index contributed by atoms with van der Waals surface area (Å²) in [6, 6.07) is 12.9. The number of rotatable bonds is 4. The molecule has 1 N–H and O–H groups in total. The number of nitrogens with zero attached hydrogens (tertiary/aromatic N) is 1. The summed E-state index contributed by atoms with van der Waals surface area (Å²) < 4.78 is 1.09. The van der Waals surface area contributed by atoms with Crippen LogP contribution in [0.25, 0.3) is 10.2 Å². The molecule has 4 nitrogen and oxygen atoms in total. The number of hydrogen-bond acceptors (Lipinski definition) is 5. The van der Waals surface area contributed by atoms with E-state index < -0.39 is 5.97 Å². The van der Waals surface area contributed by atoms with Crippen LogP contribution in [0.5, 0.6) is 0 Å². The number of carboxylic acid groups (broad SMARTS) is 1. The van der Waals surface area contributed by atoms with Crippen molar-refractivity contribution >= 4 is 49.9 Å². The van der Waals surface area contributed by atoms with Gasteiger partial charge in [-0.3, -0.25) is 0 Å². The molecule has 0 bridgehead atoms. The second-order valence-corrected chi connectivity index (χ2v) is 5.91. The number of carbonyl (C=O) groups is 1. The van der Waals surface area contributed by atoms with Crippen LogP contribution in [0.1, 0.15) is 5.56 Å². The maximum atomic E-state index is 10.6. The van der Waals surface area contributed by atoms with Gasteiger partial charge in [-0.15, -0.1) is 0 Å². The van der Waals surface area contributed by atoms with E-state index >= 15 is 0 Å². The third-order valence-electron chi connectivity index (χ3n) is 2.92. The third kappa shape index (κ3) is 3.15. The molecule has 21 heavy (non-hydrogen) atoms. The maximum Gasteiger partial charge on any atom is 0.188 e. The SMILES string of the molecule is O=C([O-])Cc1ccc(Nc2nc3ccccc3s2)c(Cl)c1. The molecule has 0 fully saturated rings. The summed E-state index contributed by atoms with van der Waals surface area (Å²) in [5, 5.41) is 14.9. The third-order valence-corrected chi connectivity index (χ3v) is 4.18. The minimum atomic E-state index is -1.13. The second kappa shape index (κ2) is 5.71. The van der Waals surface area contributed by atoms with Crippen molar-refractivity contribution in [2.75, 3.05) is 5.32 Å². The van der Waals surface area contributed by atoms with Gasteiger partial charge in [0.25, 0.3) is 0 Å². The van der Waals surface area contributed by atoms with Crippen LogP contribution in [-0.4, -0.2) is 11.0 Å². The molecule has 0 amide bonds. The van der Waals surface area contributed by atoms with Crippen LogP contribution in [-0.2, 0) is 11.2 Å². The Kier molecular flexibility index (Phi) is 3.77. The molecule has 0 saturated carbocycles. The number of benzene rings is 2. The fourth-order valence-electron chi connectivity index (χ4n) is 1.98. The number of para-hydroxylation sites is 1. The Hall–Kier alpha value is -2.11. The summed E-state index contributed by atoms with van der Waals surface area (Å²) in [6.07, 6.45) is -0.152. The van der Waals surface area contributed by atoms with Gasteiger partial charge in [0.15, 0.2) is 5.13 Å². The van der Waals surface area contributed by atoms with E-state index in [1.54, 1.807) is 18.2 Å². The maximum absolute atomic E-state index is 10.6. The van der Waals surface area contributed by atoms with Gasteiger partial charge >= 0.3 is 0 Å². The Labute approximate surface area is 130 Å². The second-order valence-electron chi connectivity index (χ2n) is 4.47. The van der Waals surface area contributed by atoms with E-state index in [4.69, 9.17) is 11.6 Å². The van der Waals surface area contributed by atoms with Gasteiger partial charge in [-0.2, -0.15) is 0 Å². The minimum absolute atomic E-state index is 0.152. The number of thiazole rings is 1. The van der Waals surface area contributed by atoms with Crippen molar-refractivity contribution in [2.45, 2.75) is 6.42 Å². The highest BCUT2D eigenvalue weighted by Crippen LogP contribution is 2.31. The first-order valence-electron chi connectivity index (χ1n) is 6.23. The first-order chi connectivity index (χ1) is 10.1. The zero-order valence-corrected chi connectivity index (χ0v) is 12.4. The summed E-state index contributed by atoms with van der Waals surface area (Å²) in [4.78, 5) is 15.0. The van der Waals surface area contributed by atoms with Crippen LogP contribution in [0.4, 0.5) is 10.8 Å². The molecular weight excluding hydrogens is 308 g/mol. The molecule has 106 valence electrons. The van der Waals surface area contributed by atoms with Gasteiger partial charge in [0.05, 0.1) is 20.9 Å². The van der Waals surface area contributed by atoms with Crippen LogP contribution in [0, 0.1) is 0 Å². The fraction of sp³-hybridized carbons (Fsp3) is 0.0667. The Morgan fingerprint density at radius 3 is 2.81 bits per heavy atom. The molecule has 2 aromatic carbocycles. The lowest BCUT2D eigenvalue weighted by atomic mass is 10.1. The van der Waals surface area contributed by atoms with E-state index in [0.717, 1.165) is 15.3 Å². The lowest BCUT2D eigenvalue weighted by molar-refractivity contribution is -0.304. The zero-order valence-electron chi connectivity index (χ0n) is 10.8. The number of nitrogens with one attached hydrogen (secondary N) is 1. The van der Waals surface area contributed by atoms with Crippen molar-refractivity contribution in [1.82, 2.24) is 4.98 Å². The molecule has 0 aliphatic carbocycles. The molecule has 3 aromatic rings. The van der Waals surface area contributed by atoms with Gasteiger partial charge in [-0.05, 0) is 29.8 Å². The first kappa shape index (κ1) is 13.9. The summed E-state index contributed by atoms with van der Waals surface area (Å²) in [5.41, 5.74) is 2.22. The molecule has 0 saturated heterocycles. The number of anilines is 2. The van der Waals surface area contributed by atoms with Gasteiger partial charge < -0.3 is 15.2 Å². The molecule has 6 heteroatoms. The number of aliphatic carboxylic acids is 1. The predicted octanol–water partition coefficient (Wildman–Crippen LogP) is 2.99. The molecule has 0 spiro atoms. The standard InChI is InChI=1S/C15H11ClN2O2S/c16-10-7-9(8-14(19)20)5-6-11(10)17-15-18-12-3-1-2-4-13(12)21-15/h1-7H,8H2,(H,17,18)(H,19,20)/p-1. The van der Waals surface area contributed by atoms with Crippen LogP contribution in [0.15, 0.2) is 42.5 Å². The van der Waals surface area contributed by atoms with E-state index in [1.807, 2.05) is 24.3 Å². The molecule has 0 aliphatic rings. The van der Waals surface area contributed by atoms with Gasteiger partial charge in [0, 0.05) is 12.4 Å². The highest BCUT2D eigenvalue weighted by Gasteiger charge is 2.07. The Morgan fingerprint density at radius 1 is 1.29 bits per heavy atom. The van der Waals surface area contributed by atoms with Gasteiger partial charge in [-0.25, -0.2) is 4.98 Å². The van der Waals surface area contributed by atoms with Gasteiger partial charge in [0.2, 0.25) is 0 Å². The topological polar surface area (TPSA) is 65.0 Å². The van der Waals surface area contributed by atoms with E-state index in [-0.39, 0.29) is 6.42 Å². The lowest BCUT2D eigenvalue weighted by Crippen LogP contribution is -2.24. The van der Waals surface area contributed by atoms with E-state index in [1.165, 1.54) is 11.3 Å². The smallest absolute Gasteiger partial charge is 0.188 e. The van der Waals surface area contributed by atoms with Crippen LogP contribution >= 0.6 is 22.9 Å². The number of hydrogen-bond donors (Lipinski definition) is 1. The van der Waals surface area contributed by atoms with E-state index in [2.05, 4.69) is 10.3 Å². The Morgan fingerprint density at radius 2 is 2.10 bits per heavy atom.